The van der Waals surface area contributed by atoms with Crippen molar-refractivity contribution >= 4 is 15.9 Å². The molecule has 0 radical (unpaired) electrons. The number of hydrogen-bond acceptors (Lipinski definition) is 1. The standard InChI is InChI=1S/C13H27BrO/c1-6-13(7-2,10-14)11-15-9-8-12(3,4)5/h6-11H2,1-5H3. The molecule has 0 rings (SSSR count). The van der Waals surface area contributed by atoms with Gasteiger partial charge >= 0.3 is 0 Å². The Kier molecular flexibility index (Phi) is 7.10. The number of rotatable bonds is 7. The molecular weight excluding hydrogens is 252 g/mol. The summed E-state index contributed by atoms with van der Waals surface area (Å²) in [5.41, 5.74) is 0.730. The van der Waals surface area contributed by atoms with Gasteiger partial charge in [-0.1, -0.05) is 50.5 Å². The predicted molar refractivity (Wildman–Crippen MR) is 71.7 cm³/mol. The Hall–Kier alpha value is 0.440. The lowest BCUT2D eigenvalue weighted by Crippen LogP contribution is -2.28. The molecule has 92 valence electrons. The second kappa shape index (κ2) is 6.90. The highest BCUT2D eigenvalue weighted by Gasteiger charge is 2.25. The molecular formula is C13H27BrO. The van der Waals surface area contributed by atoms with Crippen molar-refractivity contribution in [2.75, 3.05) is 18.5 Å². The molecule has 0 aromatic rings. The number of alkyl halides is 1. The number of hydrogen-bond donors (Lipinski definition) is 0. The molecule has 0 saturated carbocycles. The first-order valence-corrected chi connectivity index (χ1v) is 7.15. The van der Waals surface area contributed by atoms with E-state index in [2.05, 4.69) is 50.5 Å². The SMILES string of the molecule is CCC(CC)(CBr)COCCC(C)(C)C. The van der Waals surface area contributed by atoms with Crippen molar-refractivity contribution in [3.63, 3.8) is 0 Å². The lowest BCUT2D eigenvalue weighted by atomic mass is 9.86. The summed E-state index contributed by atoms with van der Waals surface area (Å²) in [5.74, 6) is 0. The van der Waals surface area contributed by atoms with E-state index in [1.54, 1.807) is 0 Å². The minimum absolute atomic E-state index is 0.345. The van der Waals surface area contributed by atoms with Gasteiger partial charge in [0.2, 0.25) is 0 Å². The Morgan fingerprint density at radius 2 is 1.60 bits per heavy atom. The summed E-state index contributed by atoms with van der Waals surface area (Å²) in [6, 6.07) is 0. The fourth-order valence-electron chi connectivity index (χ4n) is 1.35. The maximum atomic E-state index is 5.82. The fraction of sp³-hybridized carbons (Fsp3) is 1.00. The van der Waals surface area contributed by atoms with Gasteiger partial charge in [-0.3, -0.25) is 0 Å². The summed E-state index contributed by atoms with van der Waals surface area (Å²) in [6.45, 7) is 13.0. The first-order chi connectivity index (χ1) is 6.89. The van der Waals surface area contributed by atoms with E-state index in [0.717, 1.165) is 25.0 Å². The Balaban J connectivity index is 3.82. The van der Waals surface area contributed by atoms with E-state index in [4.69, 9.17) is 4.74 Å². The second-order valence-corrected chi connectivity index (χ2v) is 6.26. The van der Waals surface area contributed by atoms with Gasteiger partial charge in [0.25, 0.3) is 0 Å². The molecule has 0 aliphatic heterocycles. The van der Waals surface area contributed by atoms with Gasteiger partial charge < -0.3 is 4.74 Å². The van der Waals surface area contributed by atoms with Crippen LogP contribution in [0.15, 0.2) is 0 Å². The van der Waals surface area contributed by atoms with Crippen LogP contribution in [0.4, 0.5) is 0 Å². The van der Waals surface area contributed by atoms with Crippen molar-refractivity contribution in [1.82, 2.24) is 0 Å². The van der Waals surface area contributed by atoms with Gasteiger partial charge in [0, 0.05) is 17.4 Å². The Morgan fingerprint density at radius 1 is 1.07 bits per heavy atom. The van der Waals surface area contributed by atoms with Gasteiger partial charge in [-0.25, -0.2) is 0 Å². The Labute approximate surface area is 104 Å². The topological polar surface area (TPSA) is 9.23 Å². The van der Waals surface area contributed by atoms with Crippen LogP contribution in [-0.2, 0) is 4.74 Å². The summed E-state index contributed by atoms with van der Waals surface area (Å²) in [6.07, 6.45) is 3.51. The molecule has 0 spiro atoms. The van der Waals surface area contributed by atoms with Crippen molar-refractivity contribution in [1.29, 1.82) is 0 Å². The van der Waals surface area contributed by atoms with E-state index >= 15 is 0 Å². The van der Waals surface area contributed by atoms with E-state index < -0.39 is 0 Å². The van der Waals surface area contributed by atoms with Gasteiger partial charge in [-0.05, 0) is 24.7 Å². The average Bonchev–Trinajstić information content (AvgIpc) is 2.18. The quantitative estimate of drug-likeness (QED) is 0.487. The van der Waals surface area contributed by atoms with E-state index in [0.29, 0.717) is 10.8 Å². The van der Waals surface area contributed by atoms with Crippen LogP contribution >= 0.6 is 15.9 Å². The number of ether oxygens (including phenoxy) is 1. The van der Waals surface area contributed by atoms with E-state index in [9.17, 15) is 0 Å². The van der Waals surface area contributed by atoms with Gasteiger partial charge in [-0.2, -0.15) is 0 Å². The van der Waals surface area contributed by atoms with Crippen LogP contribution in [0.1, 0.15) is 53.9 Å². The smallest absolute Gasteiger partial charge is 0.0530 e. The van der Waals surface area contributed by atoms with E-state index in [-0.39, 0.29) is 0 Å². The molecule has 0 saturated heterocycles. The second-order valence-electron chi connectivity index (χ2n) is 5.70. The molecule has 0 N–H and O–H groups in total. The molecule has 0 aromatic heterocycles. The summed E-state index contributed by atoms with van der Waals surface area (Å²) in [7, 11) is 0. The van der Waals surface area contributed by atoms with Crippen LogP contribution in [0.25, 0.3) is 0 Å². The highest BCUT2D eigenvalue weighted by molar-refractivity contribution is 9.09. The van der Waals surface area contributed by atoms with Crippen LogP contribution in [0.3, 0.4) is 0 Å². The summed E-state index contributed by atoms with van der Waals surface area (Å²) >= 11 is 3.60. The molecule has 0 atom stereocenters. The van der Waals surface area contributed by atoms with Crippen molar-refractivity contribution in [2.45, 2.75) is 53.9 Å². The molecule has 2 heteroatoms. The summed E-state index contributed by atoms with van der Waals surface area (Å²) in [5, 5.41) is 1.04. The first kappa shape index (κ1) is 15.4. The third-order valence-electron chi connectivity index (χ3n) is 3.19. The van der Waals surface area contributed by atoms with Gasteiger partial charge in [0.1, 0.15) is 0 Å². The molecule has 0 unspecified atom stereocenters. The normalized spacial score (nSPS) is 13.2. The van der Waals surface area contributed by atoms with Crippen molar-refractivity contribution < 1.29 is 4.74 Å². The molecule has 0 amide bonds. The lowest BCUT2D eigenvalue weighted by Gasteiger charge is -2.29. The van der Waals surface area contributed by atoms with Crippen molar-refractivity contribution in [3.8, 4) is 0 Å². The molecule has 0 fully saturated rings. The van der Waals surface area contributed by atoms with Crippen LogP contribution in [0.5, 0.6) is 0 Å². The third kappa shape index (κ3) is 6.57. The zero-order valence-corrected chi connectivity index (χ0v) is 12.6. The zero-order valence-electron chi connectivity index (χ0n) is 11.0. The molecule has 0 aromatic carbocycles. The molecule has 1 nitrogen and oxygen atoms in total. The minimum atomic E-state index is 0.345. The summed E-state index contributed by atoms with van der Waals surface area (Å²) in [4.78, 5) is 0. The Bertz CT molecular complexity index is 148. The Morgan fingerprint density at radius 3 is 1.93 bits per heavy atom. The van der Waals surface area contributed by atoms with Crippen molar-refractivity contribution in [2.24, 2.45) is 10.8 Å². The van der Waals surface area contributed by atoms with Gasteiger partial charge in [-0.15, -0.1) is 0 Å². The highest BCUT2D eigenvalue weighted by Crippen LogP contribution is 2.29. The largest absolute Gasteiger partial charge is 0.381 e. The maximum Gasteiger partial charge on any atom is 0.0530 e. The van der Waals surface area contributed by atoms with Crippen LogP contribution < -0.4 is 0 Å². The minimum Gasteiger partial charge on any atom is -0.381 e. The summed E-state index contributed by atoms with van der Waals surface area (Å²) < 4.78 is 5.82. The predicted octanol–water partition coefficient (Wildman–Crippen LogP) is 4.64. The van der Waals surface area contributed by atoms with Gasteiger partial charge in [0.15, 0.2) is 0 Å². The van der Waals surface area contributed by atoms with E-state index in [1.165, 1.54) is 12.8 Å². The monoisotopic (exact) mass is 278 g/mol. The van der Waals surface area contributed by atoms with Crippen LogP contribution in [0.2, 0.25) is 0 Å². The van der Waals surface area contributed by atoms with Crippen LogP contribution in [-0.4, -0.2) is 18.5 Å². The van der Waals surface area contributed by atoms with E-state index in [1.807, 2.05) is 0 Å². The molecule has 0 heterocycles. The highest BCUT2D eigenvalue weighted by atomic mass is 79.9. The van der Waals surface area contributed by atoms with Crippen molar-refractivity contribution in [3.05, 3.63) is 0 Å². The molecule has 15 heavy (non-hydrogen) atoms. The van der Waals surface area contributed by atoms with Gasteiger partial charge in [0.05, 0.1) is 6.61 Å². The third-order valence-corrected chi connectivity index (χ3v) is 4.38. The number of halogens is 1. The van der Waals surface area contributed by atoms with Crippen LogP contribution in [0, 0.1) is 10.8 Å². The molecule has 0 aliphatic rings. The lowest BCUT2D eigenvalue weighted by molar-refractivity contribution is 0.0387. The zero-order chi connectivity index (χ0) is 11.9. The maximum absolute atomic E-state index is 5.82. The molecule has 0 bridgehead atoms. The first-order valence-electron chi connectivity index (χ1n) is 6.03. The molecule has 0 aliphatic carbocycles. The fourth-order valence-corrected chi connectivity index (χ4v) is 2.30. The average molecular weight is 279 g/mol.